The SMILES string of the molecule is COC(CCCC=O)c1ccccc1. The topological polar surface area (TPSA) is 26.3 Å². The van der Waals surface area contributed by atoms with Crippen LogP contribution in [0.15, 0.2) is 30.3 Å². The van der Waals surface area contributed by atoms with Crippen LogP contribution in [0.25, 0.3) is 0 Å². The van der Waals surface area contributed by atoms with Crippen LogP contribution in [0.1, 0.15) is 30.9 Å². The predicted octanol–water partition coefficient (Wildman–Crippen LogP) is 2.74. The lowest BCUT2D eigenvalue weighted by atomic mass is 10.0. The summed E-state index contributed by atoms with van der Waals surface area (Å²) in [5.41, 5.74) is 1.18. The van der Waals surface area contributed by atoms with Crippen molar-refractivity contribution in [3.05, 3.63) is 35.9 Å². The predicted molar refractivity (Wildman–Crippen MR) is 56.1 cm³/mol. The standard InChI is InChI=1S/C12H16O2/c1-14-12(9-5-6-10-13)11-7-3-2-4-8-11/h2-4,7-8,10,12H,5-6,9H2,1H3. The highest BCUT2D eigenvalue weighted by molar-refractivity contribution is 5.48. The van der Waals surface area contributed by atoms with E-state index in [2.05, 4.69) is 12.1 Å². The quantitative estimate of drug-likeness (QED) is 0.511. The molecule has 2 nitrogen and oxygen atoms in total. The van der Waals surface area contributed by atoms with E-state index >= 15 is 0 Å². The fraction of sp³-hybridized carbons (Fsp3) is 0.417. The monoisotopic (exact) mass is 192 g/mol. The summed E-state index contributed by atoms with van der Waals surface area (Å²) in [4.78, 5) is 10.2. The molecule has 1 aromatic carbocycles. The average molecular weight is 192 g/mol. The molecule has 0 aromatic heterocycles. The summed E-state index contributed by atoms with van der Waals surface area (Å²) in [6.07, 6.45) is 3.48. The van der Waals surface area contributed by atoms with Crippen LogP contribution in [0.5, 0.6) is 0 Å². The van der Waals surface area contributed by atoms with Gasteiger partial charge in [0.25, 0.3) is 0 Å². The summed E-state index contributed by atoms with van der Waals surface area (Å²) in [5, 5.41) is 0. The van der Waals surface area contributed by atoms with Crippen molar-refractivity contribution in [2.45, 2.75) is 25.4 Å². The first kappa shape index (κ1) is 10.9. The Balaban J connectivity index is 2.50. The van der Waals surface area contributed by atoms with Crippen LogP contribution in [-0.4, -0.2) is 13.4 Å². The van der Waals surface area contributed by atoms with Gasteiger partial charge in [-0.25, -0.2) is 0 Å². The van der Waals surface area contributed by atoms with Crippen LogP contribution >= 0.6 is 0 Å². The number of ether oxygens (including phenoxy) is 1. The van der Waals surface area contributed by atoms with Crippen molar-refractivity contribution in [3.63, 3.8) is 0 Å². The maximum Gasteiger partial charge on any atom is 0.119 e. The molecule has 0 spiro atoms. The molecule has 1 aromatic rings. The minimum atomic E-state index is 0.121. The van der Waals surface area contributed by atoms with E-state index < -0.39 is 0 Å². The molecule has 2 heteroatoms. The van der Waals surface area contributed by atoms with Crippen molar-refractivity contribution in [1.29, 1.82) is 0 Å². The third-order valence-electron chi connectivity index (χ3n) is 2.24. The van der Waals surface area contributed by atoms with Crippen LogP contribution < -0.4 is 0 Å². The van der Waals surface area contributed by atoms with Gasteiger partial charge >= 0.3 is 0 Å². The summed E-state index contributed by atoms with van der Waals surface area (Å²) in [7, 11) is 1.71. The Kier molecular flexibility index (Phi) is 4.94. The van der Waals surface area contributed by atoms with Gasteiger partial charge in [0.15, 0.2) is 0 Å². The first-order valence-electron chi connectivity index (χ1n) is 4.90. The molecule has 14 heavy (non-hydrogen) atoms. The number of methoxy groups -OCH3 is 1. The van der Waals surface area contributed by atoms with E-state index in [-0.39, 0.29) is 6.10 Å². The summed E-state index contributed by atoms with van der Waals surface area (Å²) < 4.78 is 5.37. The van der Waals surface area contributed by atoms with Crippen molar-refractivity contribution >= 4 is 6.29 Å². The minimum Gasteiger partial charge on any atom is -0.377 e. The first-order valence-corrected chi connectivity index (χ1v) is 4.90. The third kappa shape index (κ3) is 3.30. The Morgan fingerprint density at radius 1 is 1.36 bits per heavy atom. The van der Waals surface area contributed by atoms with Crippen molar-refractivity contribution in [3.8, 4) is 0 Å². The number of aldehydes is 1. The molecule has 0 saturated carbocycles. The molecule has 0 aliphatic carbocycles. The van der Waals surface area contributed by atoms with Gasteiger partial charge in [0, 0.05) is 13.5 Å². The Labute approximate surface area is 84.9 Å². The van der Waals surface area contributed by atoms with E-state index in [0.717, 1.165) is 19.1 Å². The van der Waals surface area contributed by atoms with E-state index in [1.165, 1.54) is 5.56 Å². The van der Waals surface area contributed by atoms with Crippen LogP contribution in [0, 0.1) is 0 Å². The third-order valence-corrected chi connectivity index (χ3v) is 2.24. The van der Waals surface area contributed by atoms with Gasteiger partial charge in [-0.05, 0) is 18.4 Å². The number of carbonyl (C=O) groups is 1. The summed E-state index contributed by atoms with van der Waals surface area (Å²) in [5.74, 6) is 0. The van der Waals surface area contributed by atoms with Gasteiger partial charge < -0.3 is 9.53 Å². The van der Waals surface area contributed by atoms with Gasteiger partial charge in [0.05, 0.1) is 6.10 Å². The molecule has 1 atom stereocenters. The Morgan fingerprint density at radius 2 is 2.07 bits per heavy atom. The Bertz CT molecular complexity index is 256. The van der Waals surface area contributed by atoms with Crippen LogP contribution in [-0.2, 0) is 9.53 Å². The van der Waals surface area contributed by atoms with Gasteiger partial charge in [-0.15, -0.1) is 0 Å². The van der Waals surface area contributed by atoms with Crippen molar-refractivity contribution in [1.82, 2.24) is 0 Å². The zero-order valence-corrected chi connectivity index (χ0v) is 8.48. The minimum absolute atomic E-state index is 0.121. The lowest BCUT2D eigenvalue weighted by molar-refractivity contribution is -0.108. The molecule has 0 aliphatic rings. The summed E-state index contributed by atoms with van der Waals surface area (Å²) in [6.45, 7) is 0. The number of hydrogen-bond donors (Lipinski definition) is 0. The lowest BCUT2D eigenvalue weighted by Gasteiger charge is -2.14. The number of unbranched alkanes of at least 4 members (excludes halogenated alkanes) is 1. The summed E-state index contributed by atoms with van der Waals surface area (Å²) in [6, 6.07) is 10.1. The van der Waals surface area contributed by atoms with Crippen LogP contribution in [0.2, 0.25) is 0 Å². The van der Waals surface area contributed by atoms with Crippen LogP contribution in [0.4, 0.5) is 0 Å². The zero-order valence-electron chi connectivity index (χ0n) is 8.48. The Hall–Kier alpha value is -1.15. The molecule has 1 rings (SSSR count). The van der Waals surface area contributed by atoms with Crippen molar-refractivity contribution in [2.75, 3.05) is 7.11 Å². The van der Waals surface area contributed by atoms with E-state index in [0.29, 0.717) is 6.42 Å². The van der Waals surface area contributed by atoms with E-state index in [1.54, 1.807) is 7.11 Å². The fourth-order valence-corrected chi connectivity index (χ4v) is 1.47. The first-order chi connectivity index (χ1) is 6.88. The van der Waals surface area contributed by atoms with Gasteiger partial charge in [0.2, 0.25) is 0 Å². The number of rotatable bonds is 6. The van der Waals surface area contributed by atoms with Crippen molar-refractivity contribution in [2.24, 2.45) is 0 Å². The second-order valence-electron chi connectivity index (χ2n) is 3.23. The Morgan fingerprint density at radius 3 is 2.64 bits per heavy atom. The molecule has 0 heterocycles. The molecule has 1 unspecified atom stereocenters. The van der Waals surface area contributed by atoms with E-state index in [9.17, 15) is 4.79 Å². The highest BCUT2D eigenvalue weighted by Gasteiger charge is 2.08. The molecule has 0 fully saturated rings. The van der Waals surface area contributed by atoms with Gasteiger partial charge in [-0.3, -0.25) is 0 Å². The van der Waals surface area contributed by atoms with E-state index in [1.807, 2.05) is 18.2 Å². The molecule has 0 amide bonds. The van der Waals surface area contributed by atoms with E-state index in [4.69, 9.17) is 4.74 Å². The van der Waals surface area contributed by atoms with Crippen molar-refractivity contribution < 1.29 is 9.53 Å². The molecular weight excluding hydrogens is 176 g/mol. The highest BCUT2D eigenvalue weighted by Crippen LogP contribution is 2.21. The maximum absolute atomic E-state index is 10.2. The van der Waals surface area contributed by atoms with Gasteiger partial charge in [-0.1, -0.05) is 30.3 Å². The molecular formula is C12H16O2. The average Bonchev–Trinajstić information content (AvgIpc) is 2.26. The molecule has 0 aliphatic heterocycles. The smallest absolute Gasteiger partial charge is 0.119 e. The largest absolute Gasteiger partial charge is 0.377 e. The molecule has 0 saturated heterocycles. The number of benzene rings is 1. The molecule has 0 N–H and O–H groups in total. The second kappa shape index (κ2) is 6.33. The number of hydrogen-bond acceptors (Lipinski definition) is 2. The van der Waals surface area contributed by atoms with Crippen LogP contribution in [0.3, 0.4) is 0 Å². The van der Waals surface area contributed by atoms with Gasteiger partial charge in [0.1, 0.15) is 6.29 Å². The molecule has 0 radical (unpaired) electrons. The molecule has 0 bridgehead atoms. The maximum atomic E-state index is 10.2. The fourth-order valence-electron chi connectivity index (χ4n) is 1.47. The second-order valence-corrected chi connectivity index (χ2v) is 3.23. The van der Waals surface area contributed by atoms with Gasteiger partial charge in [-0.2, -0.15) is 0 Å². The number of carbonyl (C=O) groups excluding carboxylic acids is 1. The lowest BCUT2D eigenvalue weighted by Crippen LogP contribution is -2.01. The normalized spacial score (nSPS) is 12.4. The highest BCUT2D eigenvalue weighted by atomic mass is 16.5. The zero-order chi connectivity index (χ0) is 10.2. The molecule has 76 valence electrons. The summed E-state index contributed by atoms with van der Waals surface area (Å²) >= 11 is 0.